The summed E-state index contributed by atoms with van der Waals surface area (Å²) >= 11 is 12.4. The van der Waals surface area contributed by atoms with Crippen LogP contribution in [-0.4, -0.2) is 23.7 Å². The number of nitrogens with one attached hydrogen (secondary N) is 1. The molecule has 3 rings (SSSR count). The van der Waals surface area contributed by atoms with Gasteiger partial charge < -0.3 is 10.1 Å². The second-order valence-electron chi connectivity index (χ2n) is 6.19. The summed E-state index contributed by atoms with van der Waals surface area (Å²) in [6, 6.07) is 1.97. The highest BCUT2D eigenvalue weighted by Crippen LogP contribution is 2.47. The minimum absolute atomic E-state index is 0.134. The van der Waals surface area contributed by atoms with Crippen LogP contribution >= 0.6 is 23.2 Å². The van der Waals surface area contributed by atoms with E-state index in [4.69, 9.17) is 27.9 Å². The average Bonchev–Trinajstić information content (AvgIpc) is 2.44. The van der Waals surface area contributed by atoms with Crippen molar-refractivity contribution in [2.45, 2.75) is 50.7 Å². The predicted molar refractivity (Wildman–Crippen MR) is 85.9 cm³/mol. The SMILES string of the molecule is CCNC(c1ncc(Cl)cc1Cl)C1CCOC2(CCC2)C1. The first-order valence-corrected chi connectivity index (χ1v) is 8.57. The maximum atomic E-state index is 6.38. The van der Waals surface area contributed by atoms with Gasteiger partial charge in [-0.15, -0.1) is 0 Å². The molecule has 1 aromatic rings. The Balaban J connectivity index is 1.83. The Labute approximate surface area is 136 Å². The van der Waals surface area contributed by atoms with E-state index in [9.17, 15) is 0 Å². The molecule has 5 heteroatoms. The number of hydrogen-bond acceptors (Lipinski definition) is 3. The quantitative estimate of drug-likeness (QED) is 0.890. The van der Waals surface area contributed by atoms with Crippen molar-refractivity contribution in [3.05, 3.63) is 28.0 Å². The topological polar surface area (TPSA) is 34.2 Å². The van der Waals surface area contributed by atoms with Gasteiger partial charge >= 0.3 is 0 Å². The highest BCUT2D eigenvalue weighted by atomic mass is 35.5. The van der Waals surface area contributed by atoms with E-state index in [0.29, 0.717) is 16.0 Å². The van der Waals surface area contributed by atoms with Crippen LogP contribution < -0.4 is 5.32 Å². The number of halogens is 2. The van der Waals surface area contributed by atoms with Gasteiger partial charge in [0.15, 0.2) is 0 Å². The lowest BCUT2D eigenvalue weighted by molar-refractivity contribution is -0.147. The van der Waals surface area contributed by atoms with Gasteiger partial charge in [-0.3, -0.25) is 4.98 Å². The van der Waals surface area contributed by atoms with Gasteiger partial charge in [0.05, 0.1) is 27.4 Å². The third kappa shape index (κ3) is 3.21. The molecule has 2 unspecified atom stereocenters. The molecule has 0 radical (unpaired) electrons. The maximum Gasteiger partial charge on any atom is 0.0762 e. The van der Waals surface area contributed by atoms with Gasteiger partial charge in [0.1, 0.15) is 0 Å². The molecular weight excluding hydrogens is 307 g/mol. The van der Waals surface area contributed by atoms with Gasteiger partial charge in [-0.05, 0) is 50.6 Å². The van der Waals surface area contributed by atoms with Crippen molar-refractivity contribution in [1.82, 2.24) is 10.3 Å². The number of nitrogens with zero attached hydrogens (tertiary/aromatic N) is 1. The number of hydrogen-bond donors (Lipinski definition) is 1. The summed E-state index contributed by atoms with van der Waals surface area (Å²) < 4.78 is 6.04. The number of pyridine rings is 1. The molecule has 1 saturated carbocycles. The summed E-state index contributed by atoms with van der Waals surface area (Å²) in [5, 5.41) is 4.81. The van der Waals surface area contributed by atoms with Crippen LogP contribution in [0.2, 0.25) is 10.0 Å². The molecule has 1 aromatic heterocycles. The van der Waals surface area contributed by atoms with Gasteiger partial charge in [-0.1, -0.05) is 30.1 Å². The lowest BCUT2D eigenvalue weighted by Crippen LogP contribution is -2.48. The largest absolute Gasteiger partial charge is 0.375 e. The first kappa shape index (κ1) is 15.5. The monoisotopic (exact) mass is 328 g/mol. The summed E-state index contributed by atoms with van der Waals surface area (Å²) in [5.41, 5.74) is 1.06. The second kappa shape index (κ2) is 6.41. The molecule has 21 heavy (non-hydrogen) atoms. The fourth-order valence-corrected chi connectivity index (χ4v) is 4.13. The van der Waals surface area contributed by atoms with Gasteiger partial charge in [0.25, 0.3) is 0 Å². The van der Waals surface area contributed by atoms with Gasteiger partial charge in [0.2, 0.25) is 0 Å². The van der Waals surface area contributed by atoms with E-state index in [1.807, 2.05) is 0 Å². The molecule has 2 aliphatic rings. The molecule has 1 N–H and O–H groups in total. The lowest BCUT2D eigenvalue weighted by Gasteiger charge is -2.48. The Morgan fingerprint density at radius 3 is 2.90 bits per heavy atom. The van der Waals surface area contributed by atoms with Crippen molar-refractivity contribution in [3.8, 4) is 0 Å². The first-order valence-electron chi connectivity index (χ1n) is 7.82. The lowest BCUT2D eigenvalue weighted by atomic mass is 9.70. The number of aromatic nitrogens is 1. The first-order chi connectivity index (χ1) is 10.1. The van der Waals surface area contributed by atoms with Crippen LogP contribution in [0.3, 0.4) is 0 Å². The van der Waals surface area contributed by atoms with E-state index in [-0.39, 0.29) is 11.6 Å². The molecule has 116 valence electrons. The summed E-state index contributed by atoms with van der Waals surface area (Å²) in [5.74, 6) is 0.519. The molecule has 1 aliphatic heterocycles. The molecule has 3 nitrogen and oxygen atoms in total. The van der Waals surface area contributed by atoms with Crippen LogP contribution in [0.5, 0.6) is 0 Å². The Morgan fingerprint density at radius 1 is 1.48 bits per heavy atom. The van der Waals surface area contributed by atoms with Crippen LogP contribution in [0.1, 0.15) is 50.8 Å². The molecular formula is C16H22Cl2N2O. The predicted octanol–water partition coefficient (Wildman–Crippen LogP) is 4.39. The van der Waals surface area contributed by atoms with Gasteiger partial charge in [-0.2, -0.15) is 0 Å². The summed E-state index contributed by atoms with van der Waals surface area (Å²) in [4.78, 5) is 4.50. The molecule has 1 aliphatic carbocycles. The summed E-state index contributed by atoms with van der Waals surface area (Å²) in [6.45, 7) is 3.86. The second-order valence-corrected chi connectivity index (χ2v) is 7.04. The van der Waals surface area contributed by atoms with Crippen LogP contribution in [0.4, 0.5) is 0 Å². The standard InChI is InChI=1S/C16H22Cl2N2O/c1-2-19-14(15-13(18)8-12(17)10-20-15)11-4-7-21-16(9-11)5-3-6-16/h8,10-11,14,19H,2-7,9H2,1H3. The molecule has 0 bridgehead atoms. The van der Waals surface area contributed by atoms with E-state index in [1.54, 1.807) is 12.3 Å². The Bertz CT molecular complexity index is 505. The van der Waals surface area contributed by atoms with Crippen molar-refractivity contribution in [3.63, 3.8) is 0 Å². The van der Waals surface area contributed by atoms with Crippen molar-refractivity contribution in [1.29, 1.82) is 0 Å². The maximum absolute atomic E-state index is 6.38. The van der Waals surface area contributed by atoms with Crippen LogP contribution in [0, 0.1) is 5.92 Å². The molecule has 1 saturated heterocycles. The third-order valence-electron chi connectivity index (χ3n) is 4.82. The minimum Gasteiger partial charge on any atom is -0.375 e. The van der Waals surface area contributed by atoms with E-state index in [1.165, 1.54) is 19.3 Å². The highest BCUT2D eigenvalue weighted by molar-refractivity contribution is 6.34. The molecule has 0 amide bonds. The van der Waals surface area contributed by atoms with Crippen molar-refractivity contribution in [2.75, 3.05) is 13.2 Å². The molecule has 2 fully saturated rings. The third-order valence-corrected chi connectivity index (χ3v) is 5.33. The summed E-state index contributed by atoms with van der Waals surface area (Å²) in [6.07, 6.45) is 7.53. The molecule has 0 aromatic carbocycles. The van der Waals surface area contributed by atoms with Crippen molar-refractivity contribution < 1.29 is 4.74 Å². The van der Waals surface area contributed by atoms with Crippen molar-refractivity contribution in [2.24, 2.45) is 5.92 Å². The summed E-state index contributed by atoms with van der Waals surface area (Å²) in [7, 11) is 0. The minimum atomic E-state index is 0.134. The van der Waals surface area contributed by atoms with E-state index < -0.39 is 0 Å². The zero-order chi connectivity index (χ0) is 14.9. The average molecular weight is 329 g/mol. The van der Waals surface area contributed by atoms with Gasteiger partial charge in [-0.25, -0.2) is 0 Å². The molecule has 2 atom stereocenters. The fourth-order valence-electron chi connectivity index (χ4n) is 3.63. The van der Waals surface area contributed by atoms with E-state index >= 15 is 0 Å². The van der Waals surface area contributed by atoms with Crippen LogP contribution in [-0.2, 0) is 4.74 Å². The Hall–Kier alpha value is -0.350. The highest BCUT2D eigenvalue weighted by Gasteiger charge is 2.44. The molecule has 1 spiro atoms. The zero-order valence-corrected chi connectivity index (χ0v) is 13.9. The Kier molecular flexibility index (Phi) is 4.75. The van der Waals surface area contributed by atoms with Crippen molar-refractivity contribution >= 4 is 23.2 Å². The van der Waals surface area contributed by atoms with E-state index in [0.717, 1.165) is 31.7 Å². The van der Waals surface area contributed by atoms with Crippen LogP contribution in [0.15, 0.2) is 12.3 Å². The number of rotatable bonds is 4. The van der Waals surface area contributed by atoms with E-state index in [2.05, 4.69) is 17.2 Å². The van der Waals surface area contributed by atoms with Crippen LogP contribution in [0.25, 0.3) is 0 Å². The van der Waals surface area contributed by atoms with Gasteiger partial charge in [0, 0.05) is 12.8 Å². The normalized spacial score (nSPS) is 25.6. The number of ether oxygens (including phenoxy) is 1. The fraction of sp³-hybridized carbons (Fsp3) is 0.688. The molecule has 2 heterocycles. The zero-order valence-electron chi connectivity index (χ0n) is 12.4. The Morgan fingerprint density at radius 2 is 2.29 bits per heavy atom. The smallest absolute Gasteiger partial charge is 0.0762 e.